The van der Waals surface area contributed by atoms with Crippen molar-refractivity contribution < 1.29 is 28.2 Å². The molecule has 2 aromatic carbocycles. The zero-order valence-electron chi connectivity index (χ0n) is 16.3. The molecule has 0 saturated carbocycles. The van der Waals surface area contributed by atoms with Crippen LogP contribution in [0, 0.1) is 6.92 Å². The van der Waals surface area contributed by atoms with E-state index in [-0.39, 0.29) is 39.4 Å². The molecule has 0 unspecified atom stereocenters. The second-order valence-corrected chi connectivity index (χ2v) is 8.24. The Morgan fingerprint density at radius 2 is 2.06 bits per heavy atom. The standard InChI is InChI=1S/C21H18F2N2O4S2/c1-12-6-7-15(26)14(10-12)24-18(27)8-9-25-19(28)17(31-21(25)30)11-13-4-2-3-5-16(13)29-20(22)23/h2-7,10-11,20,26H,8-9H2,1H3,(H,24,27)/b17-11-. The highest BCUT2D eigenvalue weighted by Gasteiger charge is 2.32. The summed E-state index contributed by atoms with van der Waals surface area (Å²) in [6.45, 7) is -1.13. The number of aromatic hydroxyl groups is 1. The molecule has 162 valence electrons. The number of aryl methyl sites for hydroxylation is 1. The predicted octanol–water partition coefficient (Wildman–Crippen LogP) is 4.53. The minimum atomic E-state index is -2.99. The molecule has 0 radical (unpaired) electrons. The van der Waals surface area contributed by atoms with E-state index in [0.717, 1.165) is 17.3 Å². The highest BCUT2D eigenvalue weighted by atomic mass is 32.2. The number of carbonyl (C=O) groups excluding carboxylic acids is 2. The quantitative estimate of drug-likeness (QED) is 0.356. The van der Waals surface area contributed by atoms with E-state index in [4.69, 9.17) is 12.2 Å². The van der Waals surface area contributed by atoms with Crippen LogP contribution in [-0.4, -0.2) is 39.3 Å². The molecule has 31 heavy (non-hydrogen) atoms. The summed E-state index contributed by atoms with van der Waals surface area (Å²) in [4.78, 5) is 26.5. The van der Waals surface area contributed by atoms with E-state index in [1.165, 1.54) is 23.1 Å². The van der Waals surface area contributed by atoms with Crippen molar-refractivity contribution in [3.63, 3.8) is 0 Å². The number of thioether (sulfide) groups is 1. The third-order valence-corrected chi connectivity index (χ3v) is 5.66. The Hall–Kier alpha value is -2.98. The summed E-state index contributed by atoms with van der Waals surface area (Å²) in [7, 11) is 0. The van der Waals surface area contributed by atoms with Crippen molar-refractivity contribution in [1.29, 1.82) is 0 Å². The number of thiocarbonyl (C=S) groups is 1. The fourth-order valence-corrected chi connectivity index (χ4v) is 4.11. The number of amides is 2. The summed E-state index contributed by atoms with van der Waals surface area (Å²) in [5.41, 5.74) is 1.47. The Kier molecular flexibility index (Phi) is 7.24. The average molecular weight is 465 g/mol. The van der Waals surface area contributed by atoms with Crippen molar-refractivity contribution in [1.82, 2.24) is 4.90 Å². The first-order valence-corrected chi connectivity index (χ1v) is 10.4. The van der Waals surface area contributed by atoms with E-state index in [9.17, 15) is 23.5 Å². The number of phenols is 1. The van der Waals surface area contributed by atoms with Crippen LogP contribution < -0.4 is 10.1 Å². The van der Waals surface area contributed by atoms with Crippen LogP contribution in [-0.2, 0) is 9.59 Å². The van der Waals surface area contributed by atoms with Crippen LogP contribution in [0.2, 0.25) is 0 Å². The van der Waals surface area contributed by atoms with Crippen LogP contribution in [0.1, 0.15) is 17.5 Å². The number of halogens is 2. The molecule has 0 aromatic heterocycles. The van der Waals surface area contributed by atoms with Gasteiger partial charge in [0.2, 0.25) is 5.91 Å². The fourth-order valence-electron chi connectivity index (χ4n) is 2.81. The third kappa shape index (κ3) is 5.80. The van der Waals surface area contributed by atoms with Crippen LogP contribution in [0.3, 0.4) is 0 Å². The predicted molar refractivity (Wildman–Crippen MR) is 119 cm³/mol. The van der Waals surface area contributed by atoms with E-state index in [1.54, 1.807) is 30.3 Å². The molecule has 0 spiro atoms. The molecular formula is C21H18F2N2O4S2. The van der Waals surface area contributed by atoms with Crippen LogP contribution >= 0.6 is 24.0 Å². The number of benzene rings is 2. The second-order valence-electron chi connectivity index (χ2n) is 6.57. The van der Waals surface area contributed by atoms with Crippen LogP contribution in [0.15, 0.2) is 47.4 Å². The van der Waals surface area contributed by atoms with Crippen molar-refractivity contribution in [2.75, 3.05) is 11.9 Å². The monoisotopic (exact) mass is 464 g/mol. The summed E-state index contributed by atoms with van der Waals surface area (Å²) in [6.07, 6.45) is 1.39. The summed E-state index contributed by atoms with van der Waals surface area (Å²) in [5, 5.41) is 12.4. The molecule has 2 aromatic rings. The van der Waals surface area contributed by atoms with Gasteiger partial charge in [0.05, 0.1) is 10.6 Å². The maximum atomic E-state index is 12.7. The van der Waals surface area contributed by atoms with Gasteiger partial charge in [-0.3, -0.25) is 14.5 Å². The first-order valence-electron chi connectivity index (χ1n) is 9.13. The molecule has 0 bridgehead atoms. The van der Waals surface area contributed by atoms with Crippen LogP contribution in [0.25, 0.3) is 6.08 Å². The Balaban J connectivity index is 1.66. The number of phenolic OH excluding ortho intramolecular Hbond substituents is 1. The number of nitrogens with zero attached hydrogens (tertiary/aromatic N) is 1. The molecule has 3 rings (SSSR count). The zero-order chi connectivity index (χ0) is 22.5. The third-order valence-electron chi connectivity index (χ3n) is 4.28. The lowest BCUT2D eigenvalue weighted by atomic mass is 10.2. The lowest BCUT2D eigenvalue weighted by Crippen LogP contribution is -2.31. The van der Waals surface area contributed by atoms with Gasteiger partial charge in [0.25, 0.3) is 5.91 Å². The molecule has 2 N–H and O–H groups in total. The van der Waals surface area contributed by atoms with Gasteiger partial charge in [-0.2, -0.15) is 8.78 Å². The van der Waals surface area contributed by atoms with Gasteiger partial charge in [0.15, 0.2) is 0 Å². The molecule has 1 aliphatic rings. The SMILES string of the molecule is Cc1ccc(O)c(NC(=O)CCN2C(=O)/C(=C/c3ccccc3OC(F)F)SC2=S)c1. The Labute approximate surface area is 186 Å². The Bertz CT molecular complexity index is 1060. The van der Waals surface area contributed by atoms with Crippen molar-refractivity contribution >= 4 is 51.9 Å². The van der Waals surface area contributed by atoms with Crippen molar-refractivity contribution in [3.8, 4) is 11.5 Å². The van der Waals surface area contributed by atoms with Crippen molar-refractivity contribution in [3.05, 3.63) is 58.5 Å². The summed E-state index contributed by atoms with van der Waals surface area (Å²) in [6, 6.07) is 10.9. The minimum absolute atomic E-state index is 0.0373. The number of anilines is 1. The molecular weight excluding hydrogens is 446 g/mol. The average Bonchev–Trinajstić information content (AvgIpc) is 2.97. The lowest BCUT2D eigenvalue weighted by molar-refractivity contribution is -0.122. The number of nitrogens with one attached hydrogen (secondary N) is 1. The smallest absolute Gasteiger partial charge is 0.387 e. The molecule has 1 fully saturated rings. The Morgan fingerprint density at radius 3 is 2.81 bits per heavy atom. The van der Waals surface area contributed by atoms with E-state index in [1.807, 2.05) is 6.92 Å². The molecule has 1 saturated heterocycles. The van der Waals surface area contributed by atoms with Crippen molar-refractivity contribution in [2.45, 2.75) is 20.0 Å². The second kappa shape index (κ2) is 9.88. The topological polar surface area (TPSA) is 78.9 Å². The normalized spacial score (nSPS) is 15.1. The molecule has 0 atom stereocenters. The molecule has 2 amide bonds. The number of ether oxygens (including phenoxy) is 1. The van der Waals surface area contributed by atoms with Crippen LogP contribution in [0.5, 0.6) is 11.5 Å². The summed E-state index contributed by atoms with van der Waals surface area (Å²) in [5.74, 6) is -0.931. The number of rotatable bonds is 7. The van der Waals surface area contributed by atoms with Gasteiger partial charge >= 0.3 is 6.61 Å². The molecule has 0 aliphatic carbocycles. The fraction of sp³-hybridized carbons (Fsp3) is 0.190. The van der Waals surface area contributed by atoms with E-state index in [0.29, 0.717) is 5.56 Å². The van der Waals surface area contributed by atoms with Gasteiger partial charge in [-0.15, -0.1) is 0 Å². The van der Waals surface area contributed by atoms with Crippen LogP contribution in [0.4, 0.5) is 14.5 Å². The maximum Gasteiger partial charge on any atom is 0.387 e. The van der Waals surface area contributed by atoms with E-state index < -0.39 is 18.4 Å². The number of para-hydroxylation sites is 1. The Morgan fingerprint density at radius 1 is 1.32 bits per heavy atom. The van der Waals surface area contributed by atoms with Gasteiger partial charge < -0.3 is 15.2 Å². The number of hydrogen-bond donors (Lipinski definition) is 2. The molecule has 10 heteroatoms. The molecule has 1 heterocycles. The number of alkyl halides is 2. The lowest BCUT2D eigenvalue weighted by Gasteiger charge is -2.14. The summed E-state index contributed by atoms with van der Waals surface area (Å²) < 4.78 is 29.9. The zero-order valence-corrected chi connectivity index (χ0v) is 17.9. The molecule has 1 aliphatic heterocycles. The highest BCUT2D eigenvalue weighted by molar-refractivity contribution is 8.26. The first-order chi connectivity index (χ1) is 14.7. The van der Waals surface area contributed by atoms with Gasteiger partial charge in [-0.25, -0.2) is 0 Å². The van der Waals surface area contributed by atoms with Crippen molar-refractivity contribution in [2.24, 2.45) is 0 Å². The minimum Gasteiger partial charge on any atom is -0.506 e. The maximum absolute atomic E-state index is 12.7. The van der Waals surface area contributed by atoms with Gasteiger partial charge in [0, 0.05) is 18.5 Å². The van der Waals surface area contributed by atoms with Gasteiger partial charge in [0.1, 0.15) is 15.8 Å². The highest BCUT2D eigenvalue weighted by Crippen LogP contribution is 2.34. The summed E-state index contributed by atoms with van der Waals surface area (Å²) >= 11 is 6.26. The molecule has 6 nitrogen and oxygen atoms in total. The van der Waals surface area contributed by atoms with Gasteiger partial charge in [-0.05, 0) is 36.8 Å². The van der Waals surface area contributed by atoms with E-state index >= 15 is 0 Å². The number of carbonyl (C=O) groups is 2. The number of hydrogen-bond acceptors (Lipinski definition) is 6. The van der Waals surface area contributed by atoms with Gasteiger partial charge in [-0.1, -0.05) is 48.2 Å². The van der Waals surface area contributed by atoms with E-state index in [2.05, 4.69) is 10.1 Å². The largest absolute Gasteiger partial charge is 0.506 e. The first kappa shape index (κ1) is 22.7.